The SMILES string of the molecule is C#C.CC.CCC(=O)CCCCCCc1ncc(-c2cc3ccc(C)nc3cc2OC)[nH]1.CN1CCC2(CC1)CC2.NC=O. The van der Waals surface area contributed by atoms with E-state index in [1.165, 1.54) is 38.8 Å². The van der Waals surface area contributed by atoms with Crippen LogP contribution in [0, 0.1) is 25.2 Å². The number of terminal acetylenes is 1. The number of nitrogens with two attached hydrogens (primary N) is 1. The zero-order chi connectivity index (χ0) is 33.0. The Morgan fingerprint density at radius 3 is 2.32 bits per heavy atom. The Morgan fingerprint density at radius 1 is 1.09 bits per heavy atom. The van der Waals surface area contributed by atoms with Crippen molar-refractivity contribution < 1.29 is 14.3 Å². The van der Waals surface area contributed by atoms with Crippen molar-refractivity contribution in [3.63, 3.8) is 0 Å². The molecule has 3 N–H and O–H groups in total. The lowest BCUT2D eigenvalue weighted by Crippen LogP contribution is -2.30. The quantitative estimate of drug-likeness (QED) is 0.143. The number of Topliss-reactive ketones (excluding diaryl/α,β-unsaturated/α-hetero) is 1. The Morgan fingerprint density at radius 2 is 1.73 bits per heavy atom. The van der Waals surface area contributed by atoms with E-state index in [1.807, 2.05) is 46.0 Å². The number of ether oxygens (including phenoxy) is 1. The number of methoxy groups -OCH3 is 1. The van der Waals surface area contributed by atoms with Crippen molar-refractivity contribution in [1.29, 1.82) is 0 Å². The summed E-state index contributed by atoms with van der Waals surface area (Å²) in [5.41, 5.74) is 8.92. The van der Waals surface area contributed by atoms with E-state index in [-0.39, 0.29) is 6.41 Å². The Bertz CT molecular complexity index is 1270. The Kier molecular flexibility index (Phi) is 18.4. The van der Waals surface area contributed by atoms with E-state index in [1.54, 1.807) is 7.11 Å². The van der Waals surface area contributed by atoms with Gasteiger partial charge < -0.3 is 20.4 Å². The number of ketones is 1. The van der Waals surface area contributed by atoms with Crippen molar-refractivity contribution >= 4 is 23.1 Å². The normalized spacial score (nSPS) is 14.3. The van der Waals surface area contributed by atoms with Crippen molar-refractivity contribution in [2.75, 3.05) is 27.2 Å². The molecule has 1 saturated carbocycles. The summed E-state index contributed by atoms with van der Waals surface area (Å²) in [7, 11) is 3.91. The van der Waals surface area contributed by atoms with Gasteiger partial charge in [-0.05, 0) is 83.1 Å². The second-order valence-corrected chi connectivity index (χ2v) is 11.2. The Hall–Kier alpha value is -3.70. The Labute approximate surface area is 265 Å². The lowest BCUT2D eigenvalue weighted by molar-refractivity contribution is -0.118. The maximum absolute atomic E-state index is 11.3. The number of unbranched alkanes of at least 4 members (excludes halogenated alkanes) is 3. The summed E-state index contributed by atoms with van der Waals surface area (Å²) < 4.78 is 5.60. The maximum atomic E-state index is 11.3. The fourth-order valence-electron chi connectivity index (χ4n) is 5.17. The molecule has 3 aromatic rings. The monoisotopic (exact) mass is 605 g/mol. The molecule has 8 heteroatoms. The molecule has 0 bridgehead atoms. The van der Waals surface area contributed by atoms with Gasteiger partial charge in [0.25, 0.3) is 0 Å². The lowest BCUT2D eigenvalue weighted by atomic mass is 9.94. The largest absolute Gasteiger partial charge is 0.496 e. The van der Waals surface area contributed by atoms with Crippen LogP contribution in [0.3, 0.4) is 0 Å². The minimum Gasteiger partial charge on any atom is -0.496 e. The summed E-state index contributed by atoms with van der Waals surface area (Å²) in [5, 5.41) is 1.08. The topological polar surface area (TPSA) is 114 Å². The molecular formula is C36H55N5O3. The van der Waals surface area contributed by atoms with Gasteiger partial charge in [-0.1, -0.05) is 39.7 Å². The number of aryl methyl sites for hydroxylation is 2. The van der Waals surface area contributed by atoms with E-state index in [0.717, 1.165) is 83.4 Å². The average molecular weight is 606 g/mol. The van der Waals surface area contributed by atoms with Gasteiger partial charge in [-0.2, -0.15) is 0 Å². The third kappa shape index (κ3) is 12.9. The molecule has 1 spiro atoms. The fourth-order valence-corrected chi connectivity index (χ4v) is 5.17. The molecule has 1 aliphatic heterocycles. The second kappa shape index (κ2) is 21.1. The molecule has 1 saturated heterocycles. The van der Waals surface area contributed by atoms with Crippen molar-refractivity contribution in [1.82, 2.24) is 19.9 Å². The van der Waals surface area contributed by atoms with Crippen LogP contribution < -0.4 is 10.5 Å². The van der Waals surface area contributed by atoms with Gasteiger partial charge in [0.05, 0.1) is 24.5 Å². The van der Waals surface area contributed by atoms with Crippen LogP contribution >= 0.6 is 0 Å². The molecule has 0 unspecified atom stereocenters. The van der Waals surface area contributed by atoms with E-state index < -0.39 is 0 Å². The first-order chi connectivity index (χ1) is 21.3. The number of aromatic amines is 1. The first kappa shape index (κ1) is 38.3. The van der Waals surface area contributed by atoms with Crippen LogP contribution in [0.5, 0.6) is 5.75 Å². The van der Waals surface area contributed by atoms with Gasteiger partial charge >= 0.3 is 0 Å². The van der Waals surface area contributed by atoms with Crippen molar-refractivity contribution in [2.45, 2.75) is 98.3 Å². The van der Waals surface area contributed by atoms with E-state index >= 15 is 0 Å². The number of nitrogens with zero attached hydrogens (tertiary/aromatic N) is 3. The van der Waals surface area contributed by atoms with Crippen molar-refractivity contribution in [3.8, 4) is 29.9 Å². The van der Waals surface area contributed by atoms with Crippen LogP contribution in [0.15, 0.2) is 30.5 Å². The summed E-state index contributed by atoms with van der Waals surface area (Å²) in [6, 6.07) is 8.19. The zero-order valence-corrected chi connectivity index (χ0v) is 28.0. The predicted molar refractivity (Wildman–Crippen MR) is 183 cm³/mol. The summed E-state index contributed by atoms with van der Waals surface area (Å²) in [4.78, 5) is 34.9. The highest BCUT2D eigenvalue weighted by molar-refractivity contribution is 5.87. The molecule has 5 rings (SSSR count). The molecule has 0 atom stereocenters. The van der Waals surface area contributed by atoms with Crippen LogP contribution in [0.25, 0.3) is 22.2 Å². The number of hydrogen-bond acceptors (Lipinski definition) is 6. The molecule has 2 fully saturated rings. The van der Waals surface area contributed by atoms with Crippen molar-refractivity contribution in [2.24, 2.45) is 11.1 Å². The third-order valence-corrected chi connectivity index (χ3v) is 8.09. The Balaban J connectivity index is 0.000000497. The van der Waals surface area contributed by atoms with Crippen LogP contribution in [0.1, 0.15) is 96.5 Å². The number of rotatable bonds is 10. The number of imidazole rings is 1. The van der Waals surface area contributed by atoms with E-state index in [4.69, 9.17) is 9.53 Å². The average Bonchev–Trinajstić information content (AvgIpc) is 3.65. The van der Waals surface area contributed by atoms with Gasteiger partial charge in [0.2, 0.25) is 6.41 Å². The molecule has 242 valence electrons. The third-order valence-electron chi connectivity index (χ3n) is 8.09. The van der Waals surface area contributed by atoms with Crippen LogP contribution in [0.2, 0.25) is 0 Å². The van der Waals surface area contributed by atoms with E-state index in [9.17, 15) is 4.79 Å². The summed E-state index contributed by atoms with van der Waals surface area (Å²) in [6.45, 7) is 10.6. The van der Waals surface area contributed by atoms with Gasteiger partial charge in [0.1, 0.15) is 17.4 Å². The number of benzene rings is 1. The molecule has 2 aromatic heterocycles. The van der Waals surface area contributed by atoms with Crippen LogP contribution in [0.4, 0.5) is 0 Å². The molecule has 1 aromatic carbocycles. The lowest BCUT2D eigenvalue weighted by Gasteiger charge is -2.28. The molecular weight excluding hydrogens is 550 g/mol. The summed E-state index contributed by atoms with van der Waals surface area (Å²) in [6.07, 6.45) is 22.7. The highest BCUT2D eigenvalue weighted by Gasteiger charge is 2.43. The van der Waals surface area contributed by atoms with Gasteiger partial charge in [0.15, 0.2) is 0 Å². The molecule has 0 radical (unpaired) electrons. The minimum absolute atomic E-state index is 0.250. The van der Waals surface area contributed by atoms with Crippen LogP contribution in [-0.2, 0) is 16.0 Å². The van der Waals surface area contributed by atoms with Crippen LogP contribution in [-0.4, -0.2) is 59.3 Å². The molecule has 3 heterocycles. The minimum atomic E-state index is 0.250. The molecule has 2 aliphatic rings. The highest BCUT2D eigenvalue weighted by atomic mass is 16.5. The van der Waals surface area contributed by atoms with Gasteiger partial charge in [-0.15, -0.1) is 12.8 Å². The number of piperidine rings is 1. The maximum Gasteiger partial charge on any atom is 0.204 e. The van der Waals surface area contributed by atoms with Gasteiger partial charge in [0, 0.05) is 42.0 Å². The predicted octanol–water partition coefficient (Wildman–Crippen LogP) is 7.28. The van der Waals surface area contributed by atoms with Gasteiger partial charge in [-0.3, -0.25) is 14.6 Å². The summed E-state index contributed by atoms with van der Waals surface area (Å²) in [5.74, 6) is 2.15. The number of carbonyl (C=O) groups excluding carboxylic acids is 2. The second-order valence-electron chi connectivity index (χ2n) is 11.2. The molecule has 1 aliphatic carbocycles. The first-order valence-electron chi connectivity index (χ1n) is 16.0. The highest BCUT2D eigenvalue weighted by Crippen LogP contribution is 2.53. The standard InChI is InChI=1S/C23H29N3O2.C8H15N.C2H6.C2H2.CH3NO/c1-4-18(27)9-7-5-6-8-10-23-24-15-21(26-23)19-13-17-12-11-16(2)25-20(17)14-22(19)28-3;1-9-6-4-8(2-3-8)5-7-9;2*1-2;2-1-3/h11-15H,4-10H2,1-3H3,(H,24,26);2-7H2,1H3;1-2H3;1-2H;1H,(H2,2,3). The number of amides is 1. The number of H-pyrrole nitrogens is 1. The van der Waals surface area contributed by atoms with E-state index in [2.05, 4.69) is 57.6 Å². The van der Waals surface area contributed by atoms with Gasteiger partial charge in [-0.25, -0.2) is 4.98 Å². The van der Waals surface area contributed by atoms with Crippen molar-refractivity contribution in [3.05, 3.63) is 42.0 Å². The number of carbonyl (C=O) groups is 2. The zero-order valence-electron chi connectivity index (χ0n) is 28.0. The summed E-state index contributed by atoms with van der Waals surface area (Å²) >= 11 is 0. The first-order valence-corrected chi connectivity index (χ1v) is 16.0. The number of nitrogens with one attached hydrogen (secondary N) is 1. The molecule has 1 amide bonds. The number of pyridine rings is 1. The number of fused-ring (bicyclic) bond motifs is 1. The van der Waals surface area contributed by atoms with E-state index in [0.29, 0.717) is 12.2 Å². The number of hydrogen-bond donors (Lipinski definition) is 2. The molecule has 8 nitrogen and oxygen atoms in total. The number of likely N-dealkylation sites (tertiary alicyclic amines) is 1. The number of aromatic nitrogens is 3. The fraction of sp³-hybridized carbons (Fsp3) is 0.556. The molecule has 44 heavy (non-hydrogen) atoms. The smallest absolute Gasteiger partial charge is 0.204 e. The number of primary amides is 1.